The van der Waals surface area contributed by atoms with Gasteiger partial charge in [-0.15, -0.1) is 0 Å². The molecule has 6 aromatic rings. The normalized spacial score (nSPS) is 10.7. The number of benzene rings is 6. The fraction of sp³-hybridized carbons (Fsp3) is 0.0263. The van der Waals surface area contributed by atoms with Crippen molar-refractivity contribution in [1.82, 2.24) is 0 Å². The highest BCUT2D eigenvalue weighted by Crippen LogP contribution is 2.39. The van der Waals surface area contributed by atoms with E-state index in [1.54, 1.807) is 0 Å². The predicted molar refractivity (Wildman–Crippen MR) is 173 cm³/mol. The van der Waals surface area contributed by atoms with E-state index >= 15 is 0 Å². The van der Waals surface area contributed by atoms with E-state index in [1.165, 1.54) is 0 Å². The van der Waals surface area contributed by atoms with Crippen LogP contribution in [0.4, 0.5) is 5.69 Å². The van der Waals surface area contributed by atoms with Crippen molar-refractivity contribution in [3.05, 3.63) is 156 Å². The van der Waals surface area contributed by atoms with Crippen LogP contribution in [0, 0.1) is 11.3 Å². The Morgan fingerprint density at radius 1 is 0.571 bits per heavy atom. The monoisotopic (exact) mass is 562 g/mol. The summed E-state index contributed by atoms with van der Waals surface area (Å²) in [6.07, 6.45) is 0. The molecule has 3 nitrogen and oxygen atoms in total. The molecule has 4 heteroatoms. The van der Waals surface area contributed by atoms with Gasteiger partial charge in [-0.05, 0) is 80.9 Å². The lowest BCUT2D eigenvalue weighted by Gasteiger charge is -2.16. The number of nitrogen functional groups attached to an aromatic ring is 1. The number of hydrogen-bond donors (Lipinski definition) is 1. The van der Waals surface area contributed by atoms with Gasteiger partial charge in [0.25, 0.3) is 0 Å². The lowest BCUT2D eigenvalue weighted by molar-refractivity contribution is 0.308. The summed E-state index contributed by atoms with van der Waals surface area (Å²) in [5.74, 6) is 0.642. The molecule has 0 unspecified atom stereocenters. The molecule has 0 atom stereocenters. The minimum Gasteiger partial charge on any atom is -0.487 e. The van der Waals surface area contributed by atoms with Crippen LogP contribution in [0.5, 0.6) is 5.75 Å². The van der Waals surface area contributed by atoms with Crippen LogP contribution in [-0.2, 0) is 6.61 Å². The maximum atomic E-state index is 9.05. The molecule has 0 fully saturated rings. The number of rotatable bonds is 7. The third kappa shape index (κ3) is 5.90. The highest BCUT2D eigenvalue weighted by molar-refractivity contribution is 6.30. The standard InChI is InChI=1S/C38H27ClN2O/c39-35-20-8-27(9-21-35)25-42-37-23-34(22-36(38(37)41)33-4-2-1-3-5-33)32-18-16-31(17-19-32)30-14-12-29(13-15-30)28-10-6-26(24-40)7-11-28/h1-23H,25,41H2. The maximum Gasteiger partial charge on any atom is 0.143 e. The number of halogens is 1. The Hall–Kier alpha value is -5.30. The second kappa shape index (κ2) is 12.1. The number of nitrogens with two attached hydrogens (primary N) is 1. The van der Waals surface area contributed by atoms with Gasteiger partial charge in [-0.25, -0.2) is 0 Å². The number of nitriles is 1. The van der Waals surface area contributed by atoms with E-state index in [2.05, 4.69) is 72.8 Å². The molecule has 2 N–H and O–H groups in total. The summed E-state index contributed by atoms with van der Waals surface area (Å²) in [4.78, 5) is 0. The van der Waals surface area contributed by atoms with Crippen LogP contribution in [0.25, 0.3) is 44.5 Å². The maximum absolute atomic E-state index is 9.05. The molecule has 42 heavy (non-hydrogen) atoms. The Labute approximate surface area is 251 Å². The molecule has 0 saturated carbocycles. The molecule has 0 aromatic heterocycles. The summed E-state index contributed by atoms with van der Waals surface area (Å²) in [5, 5.41) is 9.75. The topological polar surface area (TPSA) is 59.0 Å². The average Bonchev–Trinajstić information content (AvgIpc) is 3.06. The van der Waals surface area contributed by atoms with Gasteiger partial charge in [0.2, 0.25) is 0 Å². The first-order valence-corrected chi connectivity index (χ1v) is 14.0. The molecule has 0 heterocycles. The van der Waals surface area contributed by atoms with Gasteiger partial charge in [0.15, 0.2) is 0 Å². The summed E-state index contributed by atoms with van der Waals surface area (Å²) >= 11 is 6.05. The highest BCUT2D eigenvalue weighted by Gasteiger charge is 2.13. The third-order valence-corrected chi connectivity index (χ3v) is 7.57. The van der Waals surface area contributed by atoms with E-state index in [0.717, 1.165) is 50.1 Å². The van der Waals surface area contributed by atoms with Crippen LogP contribution in [0.1, 0.15) is 11.1 Å². The number of nitrogens with zero attached hydrogens (tertiary/aromatic N) is 1. The second-order valence-corrected chi connectivity index (χ2v) is 10.5. The zero-order chi connectivity index (χ0) is 28.9. The van der Waals surface area contributed by atoms with E-state index < -0.39 is 0 Å². The fourth-order valence-corrected chi connectivity index (χ4v) is 5.08. The van der Waals surface area contributed by atoms with E-state index in [1.807, 2.05) is 72.8 Å². The quantitative estimate of drug-likeness (QED) is 0.197. The predicted octanol–water partition coefficient (Wildman–Crippen LogP) is 10.0. The first kappa shape index (κ1) is 26.9. The van der Waals surface area contributed by atoms with Crippen molar-refractivity contribution in [2.24, 2.45) is 0 Å². The van der Waals surface area contributed by atoms with Crippen LogP contribution in [0.3, 0.4) is 0 Å². The van der Waals surface area contributed by atoms with Gasteiger partial charge in [-0.2, -0.15) is 5.26 Å². The molecule has 0 aliphatic carbocycles. The zero-order valence-corrected chi connectivity index (χ0v) is 23.6. The molecule has 0 aliphatic heterocycles. The van der Waals surface area contributed by atoms with Crippen LogP contribution < -0.4 is 10.5 Å². The van der Waals surface area contributed by atoms with Crippen molar-refractivity contribution in [3.63, 3.8) is 0 Å². The number of anilines is 1. The van der Waals surface area contributed by atoms with Crippen molar-refractivity contribution in [2.75, 3.05) is 5.73 Å². The summed E-state index contributed by atoms with van der Waals surface area (Å²) in [5.41, 5.74) is 17.5. The highest BCUT2D eigenvalue weighted by atomic mass is 35.5. The molecule has 0 radical (unpaired) electrons. The number of hydrogen-bond acceptors (Lipinski definition) is 3. The van der Waals surface area contributed by atoms with Gasteiger partial charge in [0, 0.05) is 10.6 Å². The molecular weight excluding hydrogens is 536 g/mol. The summed E-state index contributed by atoms with van der Waals surface area (Å²) in [6, 6.07) is 48.7. The van der Waals surface area contributed by atoms with Gasteiger partial charge in [-0.1, -0.05) is 115 Å². The molecule has 6 aromatic carbocycles. The van der Waals surface area contributed by atoms with Gasteiger partial charge >= 0.3 is 0 Å². The molecule has 0 amide bonds. The third-order valence-electron chi connectivity index (χ3n) is 7.32. The van der Waals surface area contributed by atoms with Crippen LogP contribution in [-0.4, -0.2) is 0 Å². The van der Waals surface area contributed by atoms with E-state index in [0.29, 0.717) is 28.6 Å². The first-order valence-electron chi connectivity index (χ1n) is 13.6. The molecule has 202 valence electrons. The second-order valence-electron chi connectivity index (χ2n) is 10.1. The fourth-order valence-electron chi connectivity index (χ4n) is 4.96. The van der Waals surface area contributed by atoms with Gasteiger partial charge in [0.1, 0.15) is 12.4 Å². The molecule has 0 saturated heterocycles. The first-order chi connectivity index (χ1) is 20.6. The zero-order valence-electron chi connectivity index (χ0n) is 22.8. The van der Waals surface area contributed by atoms with Gasteiger partial charge in [-0.3, -0.25) is 0 Å². The Balaban J connectivity index is 1.29. The van der Waals surface area contributed by atoms with Crippen molar-refractivity contribution in [2.45, 2.75) is 6.61 Å². The Morgan fingerprint density at radius 2 is 1.07 bits per heavy atom. The SMILES string of the molecule is N#Cc1ccc(-c2ccc(-c3ccc(-c4cc(OCc5ccc(Cl)cc5)c(N)c(-c5ccccc5)c4)cc3)cc2)cc1. The summed E-state index contributed by atoms with van der Waals surface area (Å²) in [6.45, 7) is 0.385. The lowest BCUT2D eigenvalue weighted by Crippen LogP contribution is -2.01. The smallest absolute Gasteiger partial charge is 0.143 e. The van der Waals surface area contributed by atoms with Crippen molar-refractivity contribution < 1.29 is 4.74 Å². The summed E-state index contributed by atoms with van der Waals surface area (Å²) < 4.78 is 6.26. The molecular formula is C38H27ClN2O. The molecule has 0 spiro atoms. The van der Waals surface area contributed by atoms with Crippen molar-refractivity contribution >= 4 is 17.3 Å². The van der Waals surface area contributed by atoms with E-state index in [9.17, 15) is 0 Å². The van der Waals surface area contributed by atoms with Crippen molar-refractivity contribution in [1.29, 1.82) is 5.26 Å². The lowest BCUT2D eigenvalue weighted by atomic mass is 9.95. The Bertz CT molecular complexity index is 1860. The summed E-state index contributed by atoms with van der Waals surface area (Å²) in [7, 11) is 0. The Kier molecular flexibility index (Phi) is 7.72. The van der Waals surface area contributed by atoms with Crippen LogP contribution in [0.2, 0.25) is 5.02 Å². The molecule has 0 aliphatic rings. The number of ether oxygens (including phenoxy) is 1. The van der Waals surface area contributed by atoms with Gasteiger partial charge in [0.05, 0.1) is 17.3 Å². The Morgan fingerprint density at radius 3 is 1.60 bits per heavy atom. The van der Waals surface area contributed by atoms with Gasteiger partial charge < -0.3 is 10.5 Å². The van der Waals surface area contributed by atoms with E-state index in [4.69, 9.17) is 27.3 Å². The largest absolute Gasteiger partial charge is 0.487 e. The van der Waals surface area contributed by atoms with E-state index in [-0.39, 0.29) is 0 Å². The molecule has 6 rings (SSSR count). The minimum atomic E-state index is 0.385. The van der Waals surface area contributed by atoms with Crippen molar-refractivity contribution in [3.8, 4) is 56.3 Å². The van der Waals surface area contributed by atoms with Crippen LogP contribution in [0.15, 0.2) is 140 Å². The average molecular weight is 563 g/mol. The minimum absolute atomic E-state index is 0.385. The molecule has 0 bridgehead atoms. The van der Waals surface area contributed by atoms with Crippen LogP contribution >= 0.6 is 11.6 Å².